The van der Waals surface area contributed by atoms with E-state index >= 15 is 0 Å². The van der Waals surface area contributed by atoms with E-state index in [0.29, 0.717) is 37.6 Å². The van der Waals surface area contributed by atoms with Gasteiger partial charge in [0.2, 0.25) is 17.7 Å². The minimum absolute atomic E-state index is 0.0544. The minimum atomic E-state index is -0.110. The molecule has 0 unspecified atom stereocenters. The van der Waals surface area contributed by atoms with Gasteiger partial charge in [0, 0.05) is 36.9 Å². The zero-order chi connectivity index (χ0) is 16.0. The fraction of sp³-hybridized carbons (Fsp3) is 0.533. The summed E-state index contributed by atoms with van der Waals surface area (Å²) in [7, 11) is 0. The molecule has 0 aliphatic heterocycles. The Balaban J connectivity index is 1.77. The van der Waals surface area contributed by atoms with E-state index < -0.39 is 0 Å². The summed E-state index contributed by atoms with van der Waals surface area (Å²) >= 11 is 1.57. The molecule has 2 aromatic rings. The van der Waals surface area contributed by atoms with Crippen LogP contribution in [0.5, 0.6) is 0 Å². The second kappa shape index (κ2) is 7.51. The second-order valence-electron chi connectivity index (χ2n) is 5.93. The number of nitrogens with zero attached hydrogens (tertiary/aromatic N) is 2. The first-order chi connectivity index (χ1) is 10.5. The summed E-state index contributed by atoms with van der Waals surface area (Å²) in [6.45, 7) is 4.68. The molecule has 2 rings (SSSR count). The van der Waals surface area contributed by atoms with Gasteiger partial charge in [0.05, 0.1) is 0 Å². The zero-order valence-corrected chi connectivity index (χ0v) is 13.7. The molecule has 2 N–H and O–H groups in total. The Labute approximate surface area is 133 Å². The molecule has 0 saturated carbocycles. The number of carbonyl (C=O) groups is 1. The van der Waals surface area contributed by atoms with Gasteiger partial charge >= 0.3 is 0 Å². The number of thiophene rings is 1. The molecule has 0 spiro atoms. The molecule has 0 atom stereocenters. The number of hydrogen-bond acceptors (Lipinski definition) is 6. The minimum Gasteiger partial charge on any atom is -0.421 e. The number of amides is 1. The van der Waals surface area contributed by atoms with Gasteiger partial charge < -0.3 is 14.8 Å². The maximum atomic E-state index is 11.8. The molecular weight excluding hydrogens is 302 g/mol. The summed E-state index contributed by atoms with van der Waals surface area (Å²) in [6.07, 6.45) is 1.38. The monoisotopic (exact) mass is 323 g/mol. The van der Waals surface area contributed by atoms with Crippen molar-refractivity contribution in [2.24, 2.45) is 5.41 Å². The lowest BCUT2D eigenvalue weighted by atomic mass is 9.90. The van der Waals surface area contributed by atoms with E-state index in [-0.39, 0.29) is 17.9 Å². The van der Waals surface area contributed by atoms with Crippen molar-refractivity contribution in [3.05, 3.63) is 22.7 Å². The van der Waals surface area contributed by atoms with Crippen LogP contribution in [0, 0.1) is 5.41 Å². The van der Waals surface area contributed by atoms with Gasteiger partial charge in [0.15, 0.2) is 0 Å². The number of aryl methyl sites for hydroxylation is 1. The van der Waals surface area contributed by atoms with Crippen molar-refractivity contribution in [1.29, 1.82) is 0 Å². The summed E-state index contributed by atoms with van der Waals surface area (Å²) in [4.78, 5) is 11.8. The zero-order valence-electron chi connectivity index (χ0n) is 12.8. The summed E-state index contributed by atoms with van der Waals surface area (Å²) < 4.78 is 5.53. The quantitative estimate of drug-likeness (QED) is 0.778. The summed E-state index contributed by atoms with van der Waals surface area (Å²) in [5.74, 6) is 0.896. The van der Waals surface area contributed by atoms with E-state index in [9.17, 15) is 4.79 Å². The molecule has 1 amide bonds. The maximum absolute atomic E-state index is 11.8. The predicted molar refractivity (Wildman–Crippen MR) is 84.4 cm³/mol. The van der Waals surface area contributed by atoms with E-state index in [4.69, 9.17) is 9.52 Å². The molecular formula is C15H21N3O3S. The van der Waals surface area contributed by atoms with Gasteiger partial charge in [0.25, 0.3) is 0 Å². The number of aliphatic hydroxyl groups excluding tert-OH is 1. The molecule has 0 aliphatic rings. The maximum Gasteiger partial charge on any atom is 0.248 e. The Hall–Kier alpha value is -1.73. The van der Waals surface area contributed by atoms with Crippen LogP contribution in [0.1, 0.15) is 32.6 Å². The summed E-state index contributed by atoms with van der Waals surface area (Å²) in [5.41, 5.74) is 0.792. The van der Waals surface area contributed by atoms with Gasteiger partial charge in [-0.1, -0.05) is 13.8 Å². The highest BCUT2D eigenvalue weighted by Gasteiger charge is 2.18. The molecule has 120 valence electrons. The van der Waals surface area contributed by atoms with Crippen molar-refractivity contribution >= 4 is 17.2 Å². The molecule has 6 nitrogen and oxygen atoms in total. The number of aliphatic hydroxyl groups is 1. The van der Waals surface area contributed by atoms with Crippen LogP contribution in [-0.2, 0) is 11.2 Å². The fourth-order valence-electron chi connectivity index (χ4n) is 1.90. The fourth-order valence-corrected chi connectivity index (χ4v) is 2.52. The van der Waals surface area contributed by atoms with E-state index in [0.717, 1.165) is 5.56 Å². The molecule has 0 fully saturated rings. The molecule has 0 aromatic carbocycles. The van der Waals surface area contributed by atoms with Gasteiger partial charge in [-0.3, -0.25) is 4.79 Å². The molecule has 7 heteroatoms. The van der Waals surface area contributed by atoms with E-state index in [1.54, 1.807) is 11.3 Å². The van der Waals surface area contributed by atoms with Gasteiger partial charge in [0.1, 0.15) is 0 Å². The lowest BCUT2D eigenvalue weighted by molar-refractivity contribution is -0.121. The third-order valence-electron chi connectivity index (χ3n) is 3.35. The topological polar surface area (TPSA) is 88.2 Å². The standard InChI is InChI=1S/C15H21N3O3S/c1-15(2,6-7-19)10-16-12(20)3-4-13-17-18-14(21-13)11-5-8-22-9-11/h5,8-9,19H,3-4,6-7,10H2,1-2H3,(H,16,20). The summed E-state index contributed by atoms with van der Waals surface area (Å²) in [5, 5.41) is 23.7. The molecule has 0 radical (unpaired) electrons. The number of aromatic nitrogens is 2. The highest BCUT2D eigenvalue weighted by Crippen LogP contribution is 2.21. The Morgan fingerprint density at radius 2 is 2.27 bits per heavy atom. The van der Waals surface area contributed by atoms with Gasteiger partial charge in [-0.2, -0.15) is 11.3 Å². The van der Waals surface area contributed by atoms with Crippen LogP contribution in [0.2, 0.25) is 0 Å². The second-order valence-corrected chi connectivity index (χ2v) is 6.71. The van der Waals surface area contributed by atoms with Crippen LogP contribution < -0.4 is 5.32 Å². The Bertz CT molecular complexity index is 593. The van der Waals surface area contributed by atoms with Gasteiger partial charge in [-0.25, -0.2) is 0 Å². The first-order valence-corrected chi connectivity index (χ1v) is 8.17. The Morgan fingerprint density at radius 1 is 1.45 bits per heavy atom. The Morgan fingerprint density at radius 3 is 2.95 bits per heavy atom. The molecule has 22 heavy (non-hydrogen) atoms. The Kier molecular flexibility index (Phi) is 5.68. The largest absolute Gasteiger partial charge is 0.421 e. The van der Waals surface area contributed by atoms with Crippen LogP contribution >= 0.6 is 11.3 Å². The SMILES string of the molecule is CC(C)(CCO)CNC(=O)CCc1nnc(-c2ccsc2)o1. The van der Waals surface area contributed by atoms with Crippen molar-refractivity contribution in [3.63, 3.8) is 0 Å². The average Bonchev–Trinajstić information content (AvgIpc) is 3.13. The normalized spacial score (nSPS) is 11.6. The van der Waals surface area contributed by atoms with Crippen molar-refractivity contribution in [2.75, 3.05) is 13.2 Å². The molecule has 2 aromatic heterocycles. The average molecular weight is 323 g/mol. The lowest BCUT2D eigenvalue weighted by Gasteiger charge is -2.23. The first kappa shape index (κ1) is 16.6. The van der Waals surface area contributed by atoms with E-state index in [1.807, 2.05) is 30.7 Å². The van der Waals surface area contributed by atoms with Crippen molar-refractivity contribution < 1.29 is 14.3 Å². The van der Waals surface area contributed by atoms with Crippen molar-refractivity contribution in [2.45, 2.75) is 33.1 Å². The van der Waals surface area contributed by atoms with Gasteiger partial charge in [-0.05, 0) is 23.3 Å². The molecule has 2 heterocycles. The van der Waals surface area contributed by atoms with Crippen LogP contribution in [0.4, 0.5) is 0 Å². The molecule has 0 saturated heterocycles. The highest BCUT2D eigenvalue weighted by atomic mass is 32.1. The first-order valence-electron chi connectivity index (χ1n) is 7.23. The van der Waals surface area contributed by atoms with Gasteiger partial charge in [-0.15, -0.1) is 10.2 Å². The van der Waals surface area contributed by atoms with E-state index in [2.05, 4.69) is 15.5 Å². The number of rotatable bonds is 8. The lowest BCUT2D eigenvalue weighted by Crippen LogP contribution is -2.34. The smallest absolute Gasteiger partial charge is 0.248 e. The van der Waals surface area contributed by atoms with Crippen molar-refractivity contribution in [3.8, 4) is 11.5 Å². The van der Waals surface area contributed by atoms with Crippen LogP contribution in [-0.4, -0.2) is 34.4 Å². The number of nitrogens with one attached hydrogen (secondary N) is 1. The highest BCUT2D eigenvalue weighted by molar-refractivity contribution is 7.08. The number of carbonyl (C=O) groups excluding carboxylic acids is 1. The molecule has 0 aliphatic carbocycles. The van der Waals surface area contributed by atoms with Crippen molar-refractivity contribution in [1.82, 2.24) is 15.5 Å². The third kappa shape index (κ3) is 4.92. The van der Waals surface area contributed by atoms with Crippen LogP contribution in [0.3, 0.4) is 0 Å². The van der Waals surface area contributed by atoms with E-state index in [1.165, 1.54) is 0 Å². The molecule has 0 bridgehead atoms. The number of hydrogen-bond donors (Lipinski definition) is 2. The van der Waals surface area contributed by atoms with Crippen LogP contribution in [0.25, 0.3) is 11.5 Å². The predicted octanol–water partition coefficient (Wildman–Crippen LogP) is 2.26. The third-order valence-corrected chi connectivity index (χ3v) is 4.04. The summed E-state index contributed by atoms with van der Waals surface area (Å²) in [6, 6.07) is 1.91. The van der Waals surface area contributed by atoms with Crippen LogP contribution in [0.15, 0.2) is 21.2 Å².